The zero-order valence-corrected chi connectivity index (χ0v) is 12.1. The Morgan fingerprint density at radius 3 is 2.00 bits per heavy atom. The van der Waals surface area contributed by atoms with Gasteiger partial charge in [-0.25, -0.2) is 19.9 Å². The topological polar surface area (TPSA) is 75.6 Å². The smallest absolute Gasteiger partial charge is 0.251 e. The molecule has 0 radical (unpaired) electrons. The normalized spacial score (nSPS) is 9.32. The third kappa shape index (κ3) is 5.52. The summed E-state index contributed by atoms with van der Waals surface area (Å²) < 4.78 is 11.5. The molecule has 0 aromatic carbocycles. The van der Waals surface area contributed by atoms with Crippen molar-refractivity contribution in [1.29, 1.82) is 0 Å². The molecular formula is C11H16FN6P. The van der Waals surface area contributed by atoms with Crippen LogP contribution in [0.3, 0.4) is 0 Å². The van der Waals surface area contributed by atoms with Crippen LogP contribution < -0.4 is 10.6 Å². The number of halogens is 1. The van der Waals surface area contributed by atoms with Gasteiger partial charge in [0.25, 0.3) is 5.95 Å². The van der Waals surface area contributed by atoms with Gasteiger partial charge in [0.05, 0.1) is 0 Å². The Kier molecular flexibility index (Phi) is 6.02. The van der Waals surface area contributed by atoms with Crippen molar-refractivity contribution in [3.63, 3.8) is 0 Å². The van der Waals surface area contributed by atoms with E-state index in [9.17, 15) is 4.48 Å². The highest BCUT2D eigenvalue weighted by atomic mass is 31.0. The SMILES string of the molecule is Cc1cc(C)nc(NP)n1.Cc1ccnc(NF)n1. The zero-order chi connectivity index (χ0) is 14.3. The first-order chi connectivity index (χ1) is 9.05. The highest BCUT2D eigenvalue weighted by Crippen LogP contribution is 2.04. The van der Waals surface area contributed by atoms with Crippen molar-refractivity contribution >= 4 is 21.3 Å². The molecule has 0 fully saturated rings. The van der Waals surface area contributed by atoms with E-state index in [2.05, 4.69) is 34.4 Å². The predicted molar refractivity (Wildman–Crippen MR) is 76.3 cm³/mol. The average molecular weight is 282 g/mol. The number of aromatic nitrogens is 4. The highest BCUT2D eigenvalue weighted by molar-refractivity contribution is 7.18. The Hall–Kier alpha value is -1.88. The van der Waals surface area contributed by atoms with Crippen LogP contribution in [0.4, 0.5) is 16.4 Å². The van der Waals surface area contributed by atoms with E-state index in [0.717, 1.165) is 17.1 Å². The summed E-state index contributed by atoms with van der Waals surface area (Å²) >= 11 is 0. The molecule has 19 heavy (non-hydrogen) atoms. The fourth-order valence-electron chi connectivity index (χ4n) is 1.28. The Balaban J connectivity index is 0.000000191. The van der Waals surface area contributed by atoms with Crippen LogP contribution in [-0.2, 0) is 0 Å². The van der Waals surface area contributed by atoms with Gasteiger partial charge in [-0.1, -0.05) is 0 Å². The van der Waals surface area contributed by atoms with Crippen molar-refractivity contribution in [3.8, 4) is 0 Å². The van der Waals surface area contributed by atoms with E-state index in [-0.39, 0.29) is 5.95 Å². The highest BCUT2D eigenvalue weighted by Gasteiger charge is 1.94. The number of nitrogens with zero attached hydrogens (tertiary/aromatic N) is 4. The maximum absolute atomic E-state index is 11.5. The number of nitrogens with one attached hydrogen (secondary N) is 2. The molecule has 0 aliphatic rings. The molecule has 2 N–H and O–H groups in total. The predicted octanol–water partition coefficient (Wildman–Crippen LogP) is 2.38. The van der Waals surface area contributed by atoms with E-state index in [4.69, 9.17) is 0 Å². The van der Waals surface area contributed by atoms with Crippen LogP contribution in [0.25, 0.3) is 0 Å². The third-order valence-corrected chi connectivity index (χ3v) is 2.25. The number of hydrogen-bond donors (Lipinski definition) is 2. The summed E-state index contributed by atoms with van der Waals surface area (Å²) in [6, 6.07) is 3.63. The lowest BCUT2D eigenvalue weighted by Gasteiger charge is -1.99. The standard InChI is InChI=1S/C6H10N3P.C5H6FN3/c1-4-3-5(2)8-6(7-4)9-10;1-4-2-3-7-5(8-4)9-6/h3H,10H2,1-2H3,(H,7,8,9);2-3H,1H3,(H,7,8,9). The second-order valence-electron chi connectivity index (χ2n) is 3.73. The molecule has 0 saturated heterocycles. The monoisotopic (exact) mass is 282 g/mol. The molecule has 2 heterocycles. The number of rotatable bonds is 2. The van der Waals surface area contributed by atoms with Crippen LogP contribution in [0.5, 0.6) is 0 Å². The van der Waals surface area contributed by atoms with Crippen LogP contribution in [0.15, 0.2) is 18.3 Å². The molecule has 8 heteroatoms. The lowest BCUT2D eigenvalue weighted by molar-refractivity contribution is 0.604. The van der Waals surface area contributed by atoms with Crippen LogP contribution in [0.1, 0.15) is 17.1 Å². The fourth-order valence-corrected chi connectivity index (χ4v) is 1.41. The van der Waals surface area contributed by atoms with E-state index < -0.39 is 0 Å². The van der Waals surface area contributed by atoms with Gasteiger partial charge in [-0.05, 0) is 42.3 Å². The number of hydrogen-bond acceptors (Lipinski definition) is 6. The molecule has 0 aliphatic carbocycles. The first-order valence-corrected chi connectivity index (χ1v) is 6.08. The molecule has 0 bridgehead atoms. The molecule has 0 amide bonds. The van der Waals surface area contributed by atoms with E-state index >= 15 is 0 Å². The summed E-state index contributed by atoms with van der Waals surface area (Å²) in [5.41, 5.74) is 4.05. The van der Waals surface area contributed by atoms with Gasteiger partial charge in [0.1, 0.15) is 0 Å². The second kappa shape index (κ2) is 7.53. The summed E-state index contributed by atoms with van der Waals surface area (Å²) in [5.74, 6) is 0.664. The molecule has 0 aliphatic heterocycles. The van der Waals surface area contributed by atoms with E-state index in [1.54, 1.807) is 13.0 Å². The van der Waals surface area contributed by atoms with Gasteiger partial charge in [-0.3, -0.25) is 0 Å². The molecule has 0 spiro atoms. The Bertz CT molecular complexity index is 516. The molecule has 1 atom stereocenters. The molecule has 2 aromatic rings. The summed E-state index contributed by atoms with van der Waals surface area (Å²) in [6.45, 7) is 5.66. The summed E-state index contributed by atoms with van der Waals surface area (Å²) in [5, 5.41) is 2.80. The van der Waals surface area contributed by atoms with Crippen LogP contribution in [0.2, 0.25) is 0 Å². The number of anilines is 2. The summed E-state index contributed by atoms with van der Waals surface area (Å²) in [7, 11) is 2.36. The van der Waals surface area contributed by atoms with Crippen molar-refractivity contribution in [2.75, 3.05) is 10.6 Å². The Morgan fingerprint density at radius 2 is 1.58 bits per heavy atom. The molecule has 6 nitrogen and oxygen atoms in total. The molecule has 1 unspecified atom stereocenters. The first-order valence-electron chi connectivity index (χ1n) is 5.50. The van der Waals surface area contributed by atoms with Gasteiger partial charge in [-0.2, -0.15) is 5.54 Å². The molecule has 0 saturated carbocycles. The maximum Gasteiger partial charge on any atom is 0.251 e. The van der Waals surface area contributed by atoms with Crippen LogP contribution in [0, 0.1) is 20.8 Å². The van der Waals surface area contributed by atoms with E-state index in [1.165, 1.54) is 11.7 Å². The summed E-state index contributed by atoms with van der Waals surface area (Å²) in [4.78, 5) is 15.5. The second-order valence-corrected chi connectivity index (χ2v) is 4.02. The van der Waals surface area contributed by atoms with Gasteiger partial charge in [0, 0.05) is 23.3 Å². The molecule has 2 rings (SSSR count). The van der Waals surface area contributed by atoms with Gasteiger partial charge < -0.3 is 5.09 Å². The largest absolute Gasteiger partial charge is 0.339 e. The van der Waals surface area contributed by atoms with Gasteiger partial charge in [0.15, 0.2) is 0 Å². The zero-order valence-electron chi connectivity index (χ0n) is 11.0. The number of aryl methyl sites for hydroxylation is 3. The Morgan fingerprint density at radius 1 is 1.00 bits per heavy atom. The van der Waals surface area contributed by atoms with Crippen molar-refractivity contribution < 1.29 is 4.48 Å². The van der Waals surface area contributed by atoms with Crippen molar-refractivity contribution in [2.24, 2.45) is 0 Å². The third-order valence-electron chi connectivity index (χ3n) is 1.99. The minimum atomic E-state index is 0.00926. The van der Waals surface area contributed by atoms with Gasteiger partial charge >= 0.3 is 0 Å². The van der Waals surface area contributed by atoms with Crippen molar-refractivity contribution in [3.05, 3.63) is 35.4 Å². The molecule has 102 valence electrons. The minimum absolute atomic E-state index is 0.00926. The van der Waals surface area contributed by atoms with Crippen molar-refractivity contribution in [2.45, 2.75) is 20.8 Å². The lowest BCUT2D eigenvalue weighted by Crippen LogP contribution is -1.94. The summed E-state index contributed by atoms with van der Waals surface area (Å²) in [6.07, 6.45) is 1.49. The Labute approximate surface area is 113 Å². The lowest BCUT2D eigenvalue weighted by atomic mass is 10.4. The average Bonchev–Trinajstić information content (AvgIpc) is 2.38. The maximum atomic E-state index is 11.5. The fraction of sp³-hybridized carbons (Fsp3) is 0.273. The quantitative estimate of drug-likeness (QED) is 0.650. The van der Waals surface area contributed by atoms with E-state index in [0.29, 0.717) is 5.95 Å². The van der Waals surface area contributed by atoms with E-state index in [1.807, 2.05) is 19.9 Å². The minimum Gasteiger partial charge on any atom is -0.339 e. The molecular weight excluding hydrogens is 266 g/mol. The molecule has 2 aromatic heterocycles. The first kappa shape index (κ1) is 15.2. The van der Waals surface area contributed by atoms with Gasteiger partial charge in [-0.15, -0.1) is 4.48 Å². The van der Waals surface area contributed by atoms with Crippen molar-refractivity contribution in [1.82, 2.24) is 19.9 Å². The van der Waals surface area contributed by atoms with Gasteiger partial charge in [0.2, 0.25) is 5.95 Å². The van der Waals surface area contributed by atoms with Crippen LogP contribution >= 0.6 is 9.39 Å². The van der Waals surface area contributed by atoms with Crippen LogP contribution in [-0.4, -0.2) is 19.9 Å².